The molecule has 8 aliphatic rings. The molecule has 0 spiro atoms. The van der Waals surface area contributed by atoms with Crippen molar-refractivity contribution in [2.75, 3.05) is 116 Å². The van der Waals surface area contributed by atoms with Gasteiger partial charge in [0.05, 0.1) is 74.2 Å². The van der Waals surface area contributed by atoms with E-state index in [9.17, 15) is 0 Å². The number of hydrogen-bond donors (Lipinski definition) is 0. The van der Waals surface area contributed by atoms with Gasteiger partial charge in [-0.2, -0.15) is 0 Å². The third kappa shape index (κ3) is 12.6. The molecular weight excluding hydrogens is 1440 g/mol. The Hall–Kier alpha value is -12.5. The predicted octanol–water partition coefficient (Wildman–Crippen LogP) is 16.5. The van der Waals surface area contributed by atoms with Crippen LogP contribution in [-0.2, 0) is 28.2 Å². The maximum Gasteiger partial charge on any atom is 0.231 e. The molecular formula is C94H116N22+4. The second-order valence-corrected chi connectivity index (χ2v) is 32.4. The van der Waals surface area contributed by atoms with Gasteiger partial charge in [0, 0.05) is 121 Å². The maximum absolute atomic E-state index is 4.69. The highest BCUT2D eigenvalue weighted by molar-refractivity contribution is 5.88. The second-order valence-electron chi connectivity index (χ2n) is 32.4. The number of benzene rings is 5. The summed E-state index contributed by atoms with van der Waals surface area (Å²) in [6.07, 6.45) is 9.89. The molecule has 116 heavy (non-hydrogen) atoms. The van der Waals surface area contributed by atoms with Gasteiger partial charge < -0.3 is 39.2 Å². The lowest BCUT2D eigenvalue weighted by Crippen LogP contribution is -2.50. The number of hydrogen-bond acceptors (Lipinski definition) is 18. The van der Waals surface area contributed by atoms with E-state index in [2.05, 4.69) is 479 Å². The Bertz CT molecular complexity index is 5070. The third-order valence-corrected chi connectivity index (χ3v) is 25.6. The van der Waals surface area contributed by atoms with Crippen molar-refractivity contribution in [3.8, 4) is 0 Å². The molecule has 6 aromatic heterocycles. The van der Waals surface area contributed by atoms with Crippen LogP contribution in [0.5, 0.6) is 0 Å². The van der Waals surface area contributed by atoms with E-state index in [1.807, 2.05) is 24.5 Å². The van der Waals surface area contributed by atoms with Crippen molar-refractivity contribution in [3.63, 3.8) is 0 Å². The zero-order valence-electron chi connectivity index (χ0n) is 71.7. The first-order chi connectivity index (χ1) is 55.8. The lowest BCUT2D eigenvalue weighted by molar-refractivity contribution is -0.646. The van der Waals surface area contributed by atoms with Crippen LogP contribution in [0, 0.1) is 0 Å². The Kier molecular flexibility index (Phi) is 20.5. The molecule has 0 saturated carbocycles. The second kappa shape index (κ2) is 30.7. The van der Waals surface area contributed by atoms with Crippen molar-refractivity contribution in [2.24, 2.45) is 28.2 Å². The fourth-order valence-electron chi connectivity index (χ4n) is 18.9. The molecule has 5 aromatic carbocycles. The molecule has 19 rings (SSSR count). The fraction of sp³-hybridized carbons (Fsp3) is 0.340. The molecule has 0 N–H and O–H groups in total. The smallest absolute Gasteiger partial charge is 0.231 e. The SMILES string of the molecule is CC(C)N1c2ccccc2N(c2cccc(N3c4ccccc4N(C(C)C)[C@H]3C)[n+]2C)[C@H]1C.C[C@@H]1N(C)c2ccccc2N1c1cccc(N2C=CN(C)[C@@H]2C)[n+]1C.C[C@@H]1N(C)c2ccccc2N1c1cccc(N2c3ccccc3N(C)[C@@H]2C)[n+]1C.C[C@@H]1N(C)c2cccnc2N1c1cccc(N2c3ncccc3N(C)[C@@H]2C)[n+]1C. The Morgan fingerprint density at radius 2 is 0.474 bits per heavy atom. The van der Waals surface area contributed by atoms with Crippen molar-refractivity contribution in [1.29, 1.82) is 0 Å². The number of anilines is 22. The minimum atomic E-state index is 0.172. The maximum atomic E-state index is 4.69. The first-order valence-corrected chi connectivity index (χ1v) is 41.1. The van der Waals surface area contributed by atoms with E-state index in [1.54, 1.807) is 0 Å². The molecule has 22 nitrogen and oxygen atoms in total. The predicted molar refractivity (Wildman–Crippen MR) is 478 cm³/mol. The third-order valence-electron chi connectivity index (χ3n) is 25.6. The average Bonchev–Trinajstić information content (AvgIpc) is 1.59. The molecule has 0 amide bonds. The van der Waals surface area contributed by atoms with Crippen molar-refractivity contribution in [3.05, 3.63) is 243 Å². The van der Waals surface area contributed by atoms with Crippen LogP contribution in [0.2, 0.25) is 0 Å². The summed E-state index contributed by atoms with van der Waals surface area (Å²) in [7, 11) is 21.5. The zero-order valence-corrected chi connectivity index (χ0v) is 71.7. The lowest BCUT2D eigenvalue weighted by Gasteiger charge is -2.32. The van der Waals surface area contributed by atoms with Gasteiger partial charge in [0.1, 0.15) is 34.6 Å². The number of nitrogens with zero attached hydrogens (tertiary/aromatic N) is 22. The van der Waals surface area contributed by atoms with Crippen LogP contribution in [0.4, 0.5) is 126 Å². The minimum Gasteiger partial charge on any atom is -0.346 e. The molecule has 0 radical (unpaired) electrons. The summed E-state index contributed by atoms with van der Waals surface area (Å²) < 4.78 is 9.20. The summed E-state index contributed by atoms with van der Waals surface area (Å²) in [5.74, 6) is 11.3. The molecule has 0 unspecified atom stereocenters. The molecule has 0 saturated heterocycles. The highest BCUT2D eigenvalue weighted by atomic mass is 15.5. The first-order valence-electron chi connectivity index (χ1n) is 41.1. The molecule has 598 valence electrons. The number of rotatable bonds is 10. The van der Waals surface area contributed by atoms with Crippen molar-refractivity contribution in [1.82, 2.24) is 14.9 Å². The van der Waals surface area contributed by atoms with Gasteiger partial charge in [-0.25, -0.2) is 67.4 Å². The lowest BCUT2D eigenvalue weighted by atomic mass is 10.2. The first kappa shape index (κ1) is 77.5. The van der Waals surface area contributed by atoms with Gasteiger partial charge in [-0.3, -0.25) is 0 Å². The van der Waals surface area contributed by atoms with Crippen LogP contribution in [0.25, 0.3) is 0 Å². The van der Waals surface area contributed by atoms with E-state index < -0.39 is 0 Å². The van der Waals surface area contributed by atoms with Gasteiger partial charge in [-0.1, -0.05) is 60.7 Å². The van der Waals surface area contributed by atoms with Crippen molar-refractivity contribution >= 4 is 126 Å². The summed E-state index contributed by atoms with van der Waals surface area (Å²) in [6.45, 7) is 27.1. The highest BCUT2D eigenvalue weighted by Gasteiger charge is 2.48. The molecule has 14 heterocycles. The van der Waals surface area contributed by atoms with Gasteiger partial charge in [0.25, 0.3) is 0 Å². The molecule has 11 aromatic rings. The fourth-order valence-corrected chi connectivity index (χ4v) is 18.9. The van der Waals surface area contributed by atoms with E-state index >= 15 is 0 Å². The van der Waals surface area contributed by atoms with E-state index in [0.717, 1.165) is 34.6 Å². The van der Waals surface area contributed by atoms with E-state index in [-0.39, 0.29) is 43.2 Å². The summed E-state index contributed by atoms with van der Waals surface area (Å²) in [5.41, 5.74) is 15.0. The van der Waals surface area contributed by atoms with Crippen LogP contribution in [-0.4, -0.2) is 119 Å². The van der Waals surface area contributed by atoms with Gasteiger partial charge in [-0.05, 0) is 192 Å². The topological polar surface area (TPSA) is 93.1 Å². The van der Waals surface area contributed by atoms with Gasteiger partial charge in [0.15, 0.2) is 43.2 Å². The minimum absolute atomic E-state index is 0.172. The van der Waals surface area contributed by atoms with Gasteiger partial charge >= 0.3 is 0 Å². The largest absolute Gasteiger partial charge is 0.346 e. The van der Waals surface area contributed by atoms with Crippen LogP contribution in [0.15, 0.2) is 243 Å². The van der Waals surface area contributed by atoms with Crippen LogP contribution in [0.1, 0.15) is 83.1 Å². The Morgan fingerprint density at radius 1 is 0.241 bits per heavy atom. The van der Waals surface area contributed by atoms with Crippen molar-refractivity contribution < 1.29 is 18.3 Å². The van der Waals surface area contributed by atoms with Gasteiger partial charge in [-0.15, -0.1) is 0 Å². The van der Waals surface area contributed by atoms with Crippen molar-refractivity contribution in [2.45, 2.75) is 144 Å². The highest BCUT2D eigenvalue weighted by Crippen LogP contribution is 2.51. The molecule has 22 heteroatoms. The van der Waals surface area contributed by atoms with E-state index in [4.69, 9.17) is 0 Å². The monoisotopic (exact) mass is 1550 g/mol. The van der Waals surface area contributed by atoms with E-state index in [0.29, 0.717) is 18.2 Å². The molecule has 0 fully saturated rings. The molecule has 8 aliphatic heterocycles. The number of para-hydroxylation sites is 10. The Labute approximate surface area is 687 Å². The quantitative estimate of drug-likeness (QED) is 0.122. The Morgan fingerprint density at radius 3 is 0.767 bits per heavy atom. The summed E-state index contributed by atoms with van der Waals surface area (Å²) in [4.78, 5) is 47.2. The van der Waals surface area contributed by atoms with Crippen LogP contribution in [0.3, 0.4) is 0 Å². The normalized spacial score (nSPS) is 20.5. The number of aromatic nitrogens is 6. The molecule has 0 bridgehead atoms. The average molecular weight is 1550 g/mol. The summed E-state index contributed by atoms with van der Waals surface area (Å²) in [6, 6.07) is 78.8. The summed E-state index contributed by atoms with van der Waals surface area (Å²) in [5, 5.41) is 0. The molecule has 8 atom stereocenters. The number of fused-ring (bicyclic) bond motifs is 7. The standard InChI is InChI=1S/C28H36N5.C24H28N5.C22H26N7.C20H26N5/c1-19(2)30-21(5)32(25-15-10-8-13-23(25)30)27-17-12-18-28(29(27)7)33-22(6)31(20(3)4)24-14-9-11-16-26(24)33;1-17-25(3)19-11-6-8-13-21(19)28(17)23-15-10-16-24(27(23)5)29-18(2)26(4)20-12-7-9-14-22(20)29;1-15-25(3)17-9-7-13-23-21(17)28(15)19-11-6-12-20(27(19)5)29-16(2)26(4)18-10-8-14-24-22(18)29;1-15-21(3)13-14-24(15)19-11-8-12-20(23(19)5)25-16(2)22(4)17-9-6-7-10-18(17)25/h8-22H,1-7H3;6-18H,1-5H3;6-16H,1-5H3;6-16H,1-5H3/q4*+1/t21-,22+;17-,18+;2*15-,16+/m...0/s1. The van der Waals surface area contributed by atoms with E-state index in [1.165, 1.54) is 91.8 Å². The van der Waals surface area contributed by atoms with Crippen LogP contribution >= 0.6 is 0 Å². The summed E-state index contributed by atoms with van der Waals surface area (Å²) >= 11 is 0. The Balaban J connectivity index is 0.000000117. The zero-order chi connectivity index (χ0) is 81.7. The molecule has 0 aliphatic carbocycles. The van der Waals surface area contributed by atoms with Crippen LogP contribution < -0.4 is 91.8 Å². The van der Waals surface area contributed by atoms with Gasteiger partial charge in [0.2, 0.25) is 58.2 Å². The number of pyridine rings is 6.